The molecule has 1 fully saturated rings. The Morgan fingerprint density at radius 3 is 3.18 bits per heavy atom. The van der Waals surface area contributed by atoms with Crippen LogP contribution in [-0.2, 0) is 4.74 Å². The SMILES string of the molecule is Nc1ccn([C@@H]2CCOC2)n1. The van der Waals surface area contributed by atoms with Crippen LogP contribution in [0.25, 0.3) is 0 Å². The molecule has 11 heavy (non-hydrogen) atoms. The number of aromatic nitrogens is 2. The van der Waals surface area contributed by atoms with Crippen molar-refractivity contribution in [3.8, 4) is 0 Å². The van der Waals surface area contributed by atoms with Gasteiger partial charge in [0, 0.05) is 12.8 Å². The molecule has 1 aromatic heterocycles. The molecule has 0 aromatic carbocycles. The Bertz CT molecular complexity index is 240. The van der Waals surface area contributed by atoms with Crippen molar-refractivity contribution in [2.24, 2.45) is 0 Å². The van der Waals surface area contributed by atoms with Crippen molar-refractivity contribution in [3.63, 3.8) is 0 Å². The first-order chi connectivity index (χ1) is 5.36. The Hall–Kier alpha value is -1.03. The average molecular weight is 153 g/mol. The molecule has 2 heterocycles. The number of nitrogens with zero attached hydrogens (tertiary/aromatic N) is 2. The zero-order valence-corrected chi connectivity index (χ0v) is 6.23. The second kappa shape index (κ2) is 2.54. The summed E-state index contributed by atoms with van der Waals surface area (Å²) in [5.74, 6) is 0.580. The third kappa shape index (κ3) is 1.21. The topological polar surface area (TPSA) is 53.1 Å². The second-order valence-electron chi connectivity index (χ2n) is 2.74. The molecule has 1 saturated heterocycles. The Balaban J connectivity index is 2.15. The molecule has 4 nitrogen and oxygen atoms in total. The number of rotatable bonds is 1. The lowest BCUT2D eigenvalue weighted by Gasteiger charge is -2.06. The van der Waals surface area contributed by atoms with E-state index in [0.29, 0.717) is 11.9 Å². The van der Waals surface area contributed by atoms with Crippen molar-refractivity contribution in [1.82, 2.24) is 9.78 Å². The summed E-state index contributed by atoms with van der Waals surface area (Å²) in [6.07, 6.45) is 2.94. The van der Waals surface area contributed by atoms with Crippen LogP contribution in [0.5, 0.6) is 0 Å². The fourth-order valence-corrected chi connectivity index (χ4v) is 1.29. The van der Waals surface area contributed by atoms with E-state index >= 15 is 0 Å². The lowest BCUT2D eigenvalue weighted by atomic mass is 10.3. The molecular formula is C7H11N3O. The Morgan fingerprint density at radius 1 is 1.73 bits per heavy atom. The van der Waals surface area contributed by atoms with Crippen molar-refractivity contribution in [1.29, 1.82) is 0 Å². The first-order valence-electron chi connectivity index (χ1n) is 3.74. The molecule has 0 amide bonds. The van der Waals surface area contributed by atoms with Gasteiger partial charge in [-0.05, 0) is 12.5 Å². The highest BCUT2D eigenvalue weighted by atomic mass is 16.5. The summed E-state index contributed by atoms with van der Waals surface area (Å²) in [4.78, 5) is 0. The van der Waals surface area contributed by atoms with Crippen LogP contribution >= 0.6 is 0 Å². The highest BCUT2D eigenvalue weighted by molar-refractivity contribution is 5.24. The van der Waals surface area contributed by atoms with Crippen molar-refractivity contribution in [2.45, 2.75) is 12.5 Å². The van der Waals surface area contributed by atoms with Crippen LogP contribution in [0, 0.1) is 0 Å². The minimum absolute atomic E-state index is 0.396. The molecular weight excluding hydrogens is 142 g/mol. The molecule has 1 aliphatic heterocycles. The van der Waals surface area contributed by atoms with Gasteiger partial charge in [-0.25, -0.2) is 0 Å². The number of hydrogen-bond donors (Lipinski definition) is 1. The number of nitrogen functional groups attached to an aromatic ring is 1. The summed E-state index contributed by atoms with van der Waals surface area (Å²) in [6.45, 7) is 1.60. The van der Waals surface area contributed by atoms with Crippen LogP contribution in [0.4, 0.5) is 5.82 Å². The van der Waals surface area contributed by atoms with E-state index in [4.69, 9.17) is 10.5 Å². The number of ether oxygens (including phenoxy) is 1. The first-order valence-corrected chi connectivity index (χ1v) is 3.74. The average Bonchev–Trinajstić information content (AvgIpc) is 2.55. The third-order valence-corrected chi connectivity index (χ3v) is 1.91. The molecule has 1 aliphatic rings. The zero-order chi connectivity index (χ0) is 7.68. The maximum absolute atomic E-state index is 5.47. The summed E-state index contributed by atoms with van der Waals surface area (Å²) in [6, 6.07) is 2.20. The van der Waals surface area contributed by atoms with Gasteiger partial charge in [-0.15, -0.1) is 0 Å². The Morgan fingerprint density at radius 2 is 2.64 bits per heavy atom. The zero-order valence-electron chi connectivity index (χ0n) is 6.23. The Labute approximate surface area is 64.9 Å². The van der Waals surface area contributed by atoms with Gasteiger partial charge in [0.2, 0.25) is 0 Å². The molecule has 1 aromatic rings. The number of nitrogens with two attached hydrogens (primary N) is 1. The molecule has 1 atom stereocenters. The highest BCUT2D eigenvalue weighted by Gasteiger charge is 2.17. The maximum atomic E-state index is 5.47. The van der Waals surface area contributed by atoms with Crippen LogP contribution in [0.15, 0.2) is 12.3 Å². The van der Waals surface area contributed by atoms with Crippen molar-refractivity contribution in [2.75, 3.05) is 18.9 Å². The molecule has 0 spiro atoms. The lowest BCUT2D eigenvalue weighted by Crippen LogP contribution is -2.09. The van der Waals surface area contributed by atoms with E-state index in [2.05, 4.69) is 5.10 Å². The van der Waals surface area contributed by atoms with Gasteiger partial charge in [-0.3, -0.25) is 4.68 Å². The quantitative estimate of drug-likeness (QED) is 0.636. The molecule has 2 rings (SSSR count). The third-order valence-electron chi connectivity index (χ3n) is 1.91. The molecule has 4 heteroatoms. The smallest absolute Gasteiger partial charge is 0.145 e. The highest BCUT2D eigenvalue weighted by Crippen LogP contribution is 2.17. The standard InChI is InChI=1S/C7H11N3O/c8-7-1-3-10(9-7)6-2-4-11-5-6/h1,3,6H,2,4-5H2,(H2,8,9)/t6-/m1/s1. The summed E-state index contributed by atoms with van der Waals surface area (Å²) in [7, 11) is 0. The lowest BCUT2D eigenvalue weighted by molar-refractivity contribution is 0.184. The van der Waals surface area contributed by atoms with Gasteiger partial charge in [0.05, 0.1) is 12.6 Å². The molecule has 0 unspecified atom stereocenters. The maximum Gasteiger partial charge on any atom is 0.145 e. The van der Waals surface area contributed by atoms with E-state index in [0.717, 1.165) is 19.6 Å². The molecule has 0 bridgehead atoms. The fourth-order valence-electron chi connectivity index (χ4n) is 1.29. The van der Waals surface area contributed by atoms with E-state index in [1.54, 1.807) is 6.07 Å². The number of anilines is 1. The minimum atomic E-state index is 0.396. The monoisotopic (exact) mass is 153 g/mol. The minimum Gasteiger partial charge on any atom is -0.382 e. The predicted octanol–water partition coefficient (Wildman–Crippen LogP) is 0.427. The van der Waals surface area contributed by atoms with Gasteiger partial charge >= 0.3 is 0 Å². The van der Waals surface area contributed by atoms with E-state index in [-0.39, 0.29) is 0 Å². The molecule has 0 aliphatic carbocycles. The summed E-state index contributed by atoms with van der Waals surface area (Å²) in [5.41, 5.74) is 5.47. The molecule has 2 N–H and O–H groups in total. The van der Waals surface area contributed by atoms with Crippen molar-refractivity contribution >= 4 is 5.82 Å². The first kappa shape index (κ1) is 6.67. The predicted molar refractivity (Wildman–Crippen MR) is 41.1 cm³/mol. The number of hydrogen-bond acceptors (Lipinski definition) is 3. The van der Waals surface area contributed by atoms with Crippen molar-refractivity contribution in [3.05, 3.63) is 12.3 Å². The fraction of sp³-hybridized carbons (Fsp3) is 0.571. The van der Waals surface area contributed by atoms with Gasteiger partial charge in [0.25, 0.3) is 0 Å². The van der Waals surface area contributed by atoms with Crippen LogP contribution in [0.1, 0.15) is 12.5 Å². The van der Waals surface area contributed by atoms with Crippen molar-refractivity contribution < 1.29 is 4.74 Å². The molecule has 60 valence electrons. The normalized spacial score (nSPS) is 24.2. The van der Waals surface area contributed by atoms with E-state index in [9.17, 15) is 0 Å². The summed E-state index contributed by atoms with van der Waals surface area (Å²) < 4.78 is 7.10. The van der Waals surface area contributed by atoms with Crippen LogP contribution in [0.2, 0.25) is 0 Å². The van der Waals surface area contributed by atoms with Crippen LogP contribution in [0.3, 0.4) is 0 Å². The van der Waals surface area contributed by atoms with Gasteiger partial charge in [-0.2, -0.15) is 5.10 Å². The van der Waals surface area contributed by atoms with E-state index in [1.165, 1.54) is 0 Å². The largest absolute Gasteiger partial charge is 0.382 e. The summed E-state index contributed by atoms with van der Waals surface area (Å²) in [5, 5.41) is 4.11. The van der Waals surface area contributed by atoms with Crippen LogP contribution < -0.4 is 5.73 Å². The van der Waals surface area contributed by atoms with Gasteiger partial charge in [0.1, 0.15) is 5.82 Å². The Kier molecular flexibility index (Phi) is 1.54. The van der Waals surface area contributed by atoms with Gasteiger partial charge in [-0.1, -0.05) is 0 Å². The van der Waals surface area contributed by atoms with E-state index < -0.39 is 0 Å². The van der Waals surface area contributed by atoms with E-state index in [1.807, 2.05) is 10.9 Å². The van der Waals surface area contributed by atoms with Gasteiger partial charge < -0.3 is 10.5 Å². The van der Waals surface area contributed by atoms with Crippen LogP contribution in [-0.4, -0.2) is 23.0 Å². The molecule has 0 saturated carbocycles. The summed E-state index contributed by atoms with van der Waals surface area (Å²) >= 11 is 0. The van der Waals surface area contributed by atoms with Gasteiger partial charge in [0.15, 0.2) is 0 Å². The second-order valence-corrected chi connectivity index (χ2v) is 2.74. The molecule has 0 radical (unpaired) electrons.